The summed E-state index contributed by atoms with van der Waals surface area (Å²) in [4.78, 5) is 29.4. The van der Waals surface area contributed by atoms with E-state index >= 15 is 0 Å². The number of thiazole rings is 1. The fourth-order valence-electron chi connectivity index (χ4n) is 2.01. The maximum absolute atomic E-state index is 12.1. The van der Waals surface area contributed by atoms with E-state index in [1.807, 2.05) is 19.2 Å². The molecular formula is C12H17N3O2S. The lowest BCUT2D eigenvalue weighted by Gasteiger charge is -2.21. The van der Waals surface area contributed by atoms with E-state index in [0.29, 0.717) is 6.54 Å². The number of likely N-dealkylation sites (tertiary alicyclic amines) is 1. The van der Waals surface area contributed by atoms with Crippen LogP contribution in [0.3, 0.4) is 0 Å². The minimum Gasteiger partial charge on any atom is -0.299 e. The van der Waals surface area contributed by atoms with Gasteiger partial charge < -0.3 is 0 Å². The van der Waals surface area contributed by atoms with E-state index in [1.165, 1.54) is 16.2 Å². The molecule has 2 unspecified atom stereocenters. The number of hydrogen-bond donors (Lipinski definition) is 1. The van der Waals surface area contributed by atoms with Crippen molar-refractivity contribution in [3.63, 3.8) is 0 Å². The van der Waals surface area contributed by atoms with E-state index in [9.17, 15) is 9.59 Å². The van der Waals surface area contributed by atoms with Crippen LogP contribution >= 0.6 is 11.3 Å². The first-order valence-electron chi connectivity index (χ1n) is 6.11. The van der Waals surface area contributed by atoms with Gasteiger partial charge in [0.2, 0.25) is 11.8 Å². The average molecular weight is 267 g/mol. The molecule has 2 heterocycles. The van der Waals surface area contributed by atoms with Crippen LogP contribution in [-0.4, -0.2) is 33.8 Å². The minimum absolute atomic E-state index is 0.0170. The van der Waals surface area contributed by atoms with E-state index in [2.05, 4.69) is 10.3 Å². The fourth-order valence-corrected chi connectivity index (χ4v) is 2.57. The third-order valence-corrected chi connectivity index (χ3v) is 3.98. The molecule has 2 amide bonds. The molecule has 2 rings (SSSR count). The molecule has 18 heavy (non-hydrogen) atoms. The molecule has 1 aliphatic rings. The Bertz CT molecular complexity index is 433. The Kier molecular flexibility index (Phi) is 4.08. The van der Waals surface area contributed by atoms with Crippen molar-refractivity contribution >= 4 is 23.2 Å². The lowest BCUT2D eigenvalue weighted by atomic mass is 10.2. The summed E-state index contributed by atoms with van der Waals surface area (Å²) in [6, 6.07) is -0.410. The summed E-state index contributed by atoms with van der Waals surface area (Å²) >= 11 is 1.54. The number of imide groups is 1. The van der Waals surface area contributed by atoms with Gasteiger partial charge in [0.15, 0.2) is 0 Å². The minimum atomic E-state index is -0.393. The van der Waals surface area contributed by atoms with Gasteiger partial charge in [-0.25, -0.2) is 4.98 Å². The smallest absolute Gasteiger partial charge is 0.247 e. The summed E-state index contributed by atoms with van der Waals surface area (Å²) in [5, 5.41) is 5.93. The van der Waals surface area contributed by atoms with Gasteiger partial charge in [-0.3, -0.25) is 19.8 Å². The summed E-state index contributed by atoms with van der Waals surface area (Å²) in [6.45, 7) is 4.41. The van der Waals surface area contributed by atoms with Gasteiger partial charge >= 0.3 is 0 Å². The van der Waals surface area contributed by atoms with E-state index in [1.54, 1.807) is 6.20 Å². The third-order valence-electron chi connectivity index (χ3n) is 3.20. The number of aromatic nitrogens is 1. The molecule has 98 valence electrons. The van der Waals surface area contributed by atoms with E-state index < -0.39 is 6.04 Å². The number of nitrogens with zero attached hydrogens (tertiary/aromatic N) is 2. The number of rotatable bonds is 5. The van der Waals surface area contributed by atoms with E-state index in [4.69, 9.17) is 0 Å². The monoisotopic (exact) mass is 267 g/mol. The number of hydrogen-bond acceptors (Lipinski definition) is 5. The predicted molar refractivity (Wildman–Crippen MR) is 69.0 cm³/mol. The zero-order valence-electron chi connectivity index (χ0n) is 10.5. The van der Waals surface area contributed by atoms with Crippen LogP contribution in [0.15, 0.2) is 11.6 Å². The normalized spacial score (nSPS) is 21.7. The van der Waals surface area contributed by atoms with Crippen LogP contribution < -0.4 is 5.32 Å². The number of nitrogens with one attached hydrogen (secondary N) is 1. The molecule has 0 spiro atoms. The first kappa shape index (κ1) is 13.2. The van der Waals surface area contributed by atoms with Gasteiger partial charge in [-0.05, 0) is 13.3 Å². The van der Waals surface area contributed by atoms with Crippen molar-refractivity contribution in [2.75, 3.05) is 0 Å². The zero-order valence-corrected chi connectivity index (χ0v) is 11.4. The van der Waals surface area contributed by atoms with Crippen LogP contribution in [0.4, 0.5) is 0 Å². The van der Waals surface area contributed by atoms with Crippen molar-refractivity contribution in [1.82, 2.24) is 15.2 Å². The number of carbonyl (C=O) groups excluding carboxylic acids is 2. The summed E-state index contributed by atoms with van der Waals surface area (Å²) in [7, 11) is 0. The Morgan fingerprint density at radius 1 is 1.61 bits per heavy atom. The Balaban J connectivity index is 1.95. The van der Waals surface area contributed by atoms with Gasteiger partial charge in [0.25, 0.3) is 0 Å². The molecule has 0 saturated carbocycles. The molecule has 1 N–H and O–H groups in total. The summed E-state index contributed by atoms with van der Waals surface area (Å²) in [5.74, 6) is -0.183. The number of carbonyl (C=O) groups is 2. The molecule has 2 atom stereocenters. The highest BCUT2D eigenvalue weighted by atomic mass is 32.1. The maximum atomic E-state index is 12.1. The Morgan fingerprint density at radius 3 is 3.00 bits per heavy atom. The zero-order chi connectivity index (χ0) is 13.1. The lowest BCUT2D eigenvalue weighted by molar-refractivity contribution is -0.141. The fraction of sp³-hybridized carbons (Fsp3) is 0.583. The van der Waals surface area contributed by atoms with E-state index in [0.717, 1.165) is 11.4 Å². The maximum Gasteiger partial charge on any atom is 0.247 e. The van der Waals surface area contributed by atoms with Gasteiger partial charge in [-0.15, -0.1) is 11.3 Å². The second-order valence-electron chi connectivity index (χ2n) is 4.42. The van der Waals surface area contributed by atoms with E-state index in [-0.39, 0.29) is 24.3 Å². The van der Waals surface area contributed by atoms with Crippen LogP contribution in [0.5, 0.6) is 0 Å². The molecule has 1 aromatic heterocycles. The third kappa shape index (κ3) is 2.59. The quantitative estimate of drug-likeness (QED) is 0.813. The molecule has 1 aliphatic heterocycles. The standard InChI is InChI=1S/C12H17N3O2S/c1-3-8(2)15-11(16)6-9(12(15)17)14-7-10-13-4-5-18-10/h4-5,8-9,14H,3,6-7H2,1-2H3. The molecular weight excluding hydrogens is 250 g/mol. The van der Waals surface area contributed by atoms with Gasteiger partial charge in [-0.1, -0.05) is 6.92 Å². The highest BCUT2D eigenvalue weighted by Crippen LogP contribution is 2.18. The summed E-state index contributed by atoms with van der Waals surface area (Å²) in [5.41, 5.74) is 0. The van der Waals surface area contributed by atoms with Crippen LogP contribution in [-0.2, 0) is 16.1 Å². The molecule has 1 fully saturated rings. The lowest BCUT2D eigenvalue weighted by Crippen LogP contribution is -2.42. The average Bonchev–Trinajstić information content (AvgIpc) is 2.95. The Morgan fingerprint density at radius 2 is 2.39 bits per heavy atom. The van der Waals surface area contributed by atoms with Gasteiger partial charge in [-0.2, -0.15) is 0 Å². The highest BCUT2D eigenvalue weighted by Gasteiger charge is 2.40. The SMILES string of the molecule is CCC(C)N1C(=O)CC(NCc2nccs2)C1=O. The topological polar surface area (TPSA) is 62.3 Å². The molecule has 0 aromatic carbocycles. The molecule has 0 bridgehead atoms. The summed E-state index contributed by atoms with van der Waals surface area (Å²) in [6.07, 6.45) is 2.78. The molecule has 0 radical (unpaired) electrons. The van der Waals surface area contributed by atoms with Crippen LogP contribution in [0.1, 0.15) is 31.7 Å². The molecule has 0 aliphatic carbocycles. The molecule has 1 aromatic rings. The summed E-state index contributed by atoms with van der Waals surface area (Å²) < 4.78 is 0. The van der Waals surface area contributed by atoms with Crippen molar-refractivity contribution in [2.45, 2.75) is 45.3 Å². The largest absolute Gasteiger partial charge is 0.299 e. The van der Waals surface area contributed by atoms with Crippen molar-refractivity contribution in [1.29, 1.82) is 0 Å². The van der Waals surface area contributed by atoms with Crippen molar-refractivity contribution in [3.8, 4) is 0 Å². The molecule has 1 saturated heterocycles. The number of amides is 2. The first-order valence-corrected chi connectivity index (χ1v) is 6.99. The Hall–Kier alpha value is -1.27. The Labute approximate surface area is 110 Å². The molecule has 5 nitrogen and oxygen atoms in total. The van der Waals surface area contributed by atoms with Gasteiger partial charge in [0, 0.05) is 24.2 Å². The second-order valence-corrected chi connectivity index (χ2v) is 5.40. The first-order chi connectivity index (χ1) is 8.63. The van der Waals surface area contributed by atoms with Crippen molar-refractivity contribution < 1.29 is 9.59 Å². The van der Waals surface area contributed by atoms with Gasteiger partial charge in [0.05, 0.1) is 12.5 Å². The van der Waals surface area contributed by atoms with Crippen molar-refractivity contribution in [3.05, 3.63) is 16.6 Å². The molecule has 6 heteroatoms. The van der Waals surface area contributed by atoms with Crippen molar-refractivity contribution in [2.24, 2.45) is 0 Å². The predicted octanol–water partition coefficient (Wildman–Crippen LogP) is 1.16. The highest BCUT2D eigenvalue weighted by molar-refractivity contribution is 7.09. The van der Waals surface area contributed by atoms with Crippen LogP contribution in [0.25, 0.3) is 0 Å². The van der Waals surface area contributed by atoms with Crippen LogP contribution in [0.2, 0.25) is 0 Å². The van der Waals surface area contributed by atoms with Gasteiger partial charge in [0.1, 0.15) is 5.01 Å². The van der Waals surface area contributed by atoms with Crippen LogP contribution in [0, 0.1) is 0 Å². The second kappa shape index (κ2) is 5.58.